The molecule has 0 saturated carbocycles. The fourth-order valence-corrected chi connectivity index (χ4v) is 1.55. The van der Waals surface area contributed by atoms with Crippen molar-refractivity contribution in [1.82, 2.24) is 0 Å². The van der Waals surface area contributed by atoms with Crippen molar-refractivity contribution >= 4 is 12.6 Å². The summed E-state index contributed by atoms with van der Waals surface area (Å²) in [6, 6.07) is 0.329. The third-order valence-electron chi connectivity index (χ3n) is 3.32. The summed E-state index contributed by atoms with van der Waals surface area (Å²) in [4.78, 5) is 0. The molecule has 4 heteroatoms. The molecule has 3 nitrogen and oxygen atoms in total. The van der Waals surface area contributed by atoms with E-state index in [1.54, 1.807) is 0 Å². The van der Waals surface area contributed by atoms with E-state index in [0.29, 0.717) is 0 Å². The van der Waals surface area contributed by atoms with Crippen LogP contribution in [0.5, 0.6) is 0 Å². The summed E-state index contributed by atoms with van der Waals surface area (Å²) in [5, 5.41) is 9.25. The van der Waals surface area contributed by atoms with Gasteiger partial charge in [0.1, 0.15) is 0 Å². The smallest absolute Gasteiger partial charge is 0.399 e. The molecular formula is C13H16BNO2. The fourth-order valence-electron chi connectivity index (χ4n) is 1.55. The Labute approximate surface area is 108 Å². The number of rotatable bonds is 1. The largest absolute Gasteiger partial charge is 0.496 e. The van der Waals surface area contributed by atoms with Gasteiger partial charge in [-0.1, -0.05) is 18.1 Å². The van der Waals surface area contributed by atoms with Gasteiger partial charge in [0, 0.05) is 5.46 Å². The molecule has 1 heterocycles. The Balaban J connectivity index is 2.65. The lowest BCUT2D eigenvalue weighted by atomic mass is 9.76. The molecule has 1 saturated heterocycles. The number of hydrogen-bond acceptors (Lipinski definition) is 3. The maximum atomic E-state index is 9.25. The fraction of sp³-hybridized carbons (Fsp3) is 0.462. The predicted octanol–water partition coefficient (Wildman–Crippen LogP) is 1.86. The van der Waals surface area contributed by atoms with Crippen LogP contribution in [-0.4, -0.2) is 18.3 Å². The first kappa shape index (κ1) is 7.91. The van der Waals surface area contributed by atoms with E-state index in [2.05, 4.69) is 0 Å². The SMILES string of the molecule is [2H]c1c([2H])c([2H])c(B2OC(C)(C)C(C)(C)O2)c(C#N)c1[2H]. The molecular weight excluding hydrogens is 213 g/mol. The Hall–Kier alpha value is -1.31. The van der Waals surface area contributed by atoms with Crippen LogP contribution in [0.25, 0.3) is 0 Å². The molecule has 0 aromatic heterocycles. The van der Waals surface area contributed by atoms with Gasteiger partial charge in [0.2, 0.25) is 0 Å². The molecule has 0 bridgehead atoms. The Kier molecular flexibility index (Phi) is 1.80. The van der Waals surface area contributed by atoms with Gasteiger partial charge in [0.05, 0.1) is 28.3 Å². The summed E-state index contributed by atoms with van der Waals surface area (Å²) in [5.41, 5.74) is -1.39. The van der Waals surface area contributed by atoms with Crippen LogP contribution >= 0.6 is 0 Å². The molecule has 2 rings (SSSR count). The van der Waals surface area contributed by atoms with Crippen molar-refractivity contribution < 1.29 is 14.8 Å². The molecule has 0 atom stereocenters. The van der Waals surface area contributed by atoms with Gasteiger partial charge in [0.25, 0.3) is 0 Å². The second-order valence-electron chi connectivity index (χ2n) is 4.99. The van der Waals surface area contributed by atoms with Crippen molar-refractivity contribution in [3.8, 4) is 6.07 Å². The molecule has 0 aliphatic carbocycles. The van der Waals surface area contributed by atoms with Gasteiger partial charge >= 0.3 is 7.12 Å². The zero-order valence-electron chi connectivity index (χ0n) is 14.3. The second-order valence-corrected chi connectivity index (χ2v) is 4.99. The van der Waals surface area contributed by atoms with E-state index in [9.17, 15) is 5.26 Å². The Morgan fingerprint density at radius 3 is 2.24 bits per heavy atom. The quantitative estimate of drug-likeness (QED) is 0.695. The molecule has 0 amide bonds. The molecule has 88 valence electrons. The zero-order valence-corrected chi connectivity index (χ0v) is 10.3. The molecule has 0 spiro atoms. The van der Waals surface area contributed by atoms with Gasteiger partial charge in [-0.2, -0.15) is 5.26 Å². The first-order chi connectivity index (χ1) is 9.53. The summed E-state index contributed by atoms with van der Waals surface area (Å²) in [5.74, 6) is 0. The van der Waals surface area contributed by atoms with E-state index in [4.69, 9.17) is 14.8 Å². The van der Waals surface area contributed by atoms with Crippen LogP contribution in [0.15, 0.2) is 24.2 Å². The van der Waals surface area contributed by atoms with E-state index >= 15 is 0 Å². The predicted molar refractivity (Wildman–Crippen MR) is 66.9 cm³/mol. The minimum absolute atomic E-state index is 0.0575. The number of hydrogen-bond donors (Lipinski definition) is 0. The average molecular weight is 233 g/mol. The standard InChI is InChI=1S/C13H16BNO2/c1-12(2)13(3,4)17-14(16-12)11-8-6-5-7-10(11)9-15/h5-8H,1-4H3/i5D,6D,7D,8D. The van der Waals surface area contributed by atoms with Gasteiger partial charge < -0.3 is 9.31 Å². The van der Waals surface area contributed by atoms with Crippen molar-refractivity contribution in [2.45, 2.75) is 38.9 Å². The lowest BCUT2D eigenvalue weighted by Gasteiger charge is -2.32. The van der Waals surface area contributed by atoms with E-state index < -0.39 is 30.4 Å². The molecule has 0 unspecified atom stereocenters. The molecule has 1 fully saturated rings. The zero-order chi connectivity index (χ0) is 16.2. The van der Waals surface area contributed by atoms with Gasteiger partial charge in [-0.3, -0.25) is 0 Å². The summed E-state index contributed by atoms with van der Waals surface area (Å²) < 4.78 is 42.8. The molecule has 1 aromatic carbocycles. The van der Waals surface area contributed by atoms with E-state index in [1.165, 1.54) is 0 Å². The molecule has 17 heavy (non-hydrogen) atoms. The highest BCUT2D eigenvalue weighted by molar-refractivity contribution is 6.62. The highest BCUT2D eigenvalue weighted by atomic mass is 16.7. The summed E-state index contributed by atoms with van der Waals surface area (Å²) in [6.45, 7) is 7.35. The van der Waals surface area contributed by atoms with Crippen molar-refractivity contribution in [3.05, 3.63) is 29.7 Å². The molecule has 0 N–H and O–H groups in total. The minimum atomic E-state index is -0.994. The first-order valence-corrected chi connectivity index (χ1v) is 5.39. The topological polar surface area (TPSA) is 42.2 Å². The van der Waals surface area contributed by atoms with Gasteiger partial charge in [-0.25, -0.2) is 0 Å². The van der Waals surface area contributed by atoms with Crippen molar-refractivity contribution in [3.63, 3.8) is 0 Å². The van der Waals surface area contributed by atoms with Crippen molar-refractivity contribution in [2.24, 2.45) is 0 Å². The highest BCUT2D eigenvalue weighted by Gasteiger charge is 2.52. The van der Waals surface area contributed by atoms with Crippen LogP contribution in [0.2, 0.25) is 0 Å². The summed E-state index contributed by atoms with van der Waals surface area (Å²) >= 11 is 0. The van der Waals surface area contributed by atoms with Crippen LogP contribution in [0, 0.1) is 11.3 Å². The number of benzene rings is 1. The van der Waals surface area contributed by atoms with Crippen LogP contribution in [0.4, 0.5) is 0 Å². The van der Waals surface area contributed by atoms with Crippen LogP contribution in [0.1, 0.15) is 38.7 Å². The van der Waals surface area contributed by atoms with Crippen LogP contribution < -0.4 is 5.46 Å². The van der Waals surface area contributed by atoms with Gasteiger partial charge in [-0.15, -0.1) is 0 Å². The molecule has 0 radical (unpaired) electrons. The lowest BCUT2D eigenvalue weighted by Crippen LogP contribution is -2.41. The van der Waals surface area contributed by atoms with Crippen LogP contribution in [0.3, 0.4) is 0 Å². The first-order valence-electron chi connectivity index (χ1n) is 7.39. The van der Waals surface area contributed by atoms with Gasteiger partial charge in [-0.05, 0) is 33.7 Å². The van der Waals surface area contributed by atoms with Crippen LogP contribution in [-0.2, 0) is 9.31 Å². The molecule has 1 aliphatic heterocycles. The summed E-state index contributed by atoms with van der Waals surface area (Å²) in [7, 11) is -0.994. The monoisotopic (exact) mass is 233 g/mol. The maximum absolute atomic E-state index is 9.25. The summed E-state index contributed by atoms with van der Waals surface area (Å²) in [6.07, 6.45) is 0. The Morgan fingerprint density at radius 2 is 1.71 bits per heavy atom. The molecule has 1 aliphatic rings. The number of nitriles is 1. The highest BCUT2D eigenvalue weighted by Crippen LogP contribution is 2.36. The van der Waals surface area contributed by atoms with Gasteiger partial charge in [0.15, 0.2) is 0 Å². The molecule has 1 aromatic rings. The third kappa shape index (κ3) is 1.97. The van der Waals surface area contributed by atoms with Crippen molar-refractivity contribution in [1.29, 1.82) is 5.26 Å². The minimum Gasteiger partial charge on any atom is -0.399 e. The third-order valence-corrected chi connectivity index (χ3v) is 3.32. The van der Waals surface area contributed by atoms with Crippen molar-refractivity contribution in [2.75, 3.05) is 0 Å². The maximum Gasteiger partial charge on any atom is 0.496 e. The van der Waals surface area contributed by atoms with E-state index in [0.717, 1.165) is 0 Å². The Morgan fingerprint density at radius 1 is 1.18 bits per heavy atom. The van der Waals surface area contributed by atoms with E-state index in [-0.39, 0.29) is 23.1 Å². The average Bonchev–Trinajstić information content (AvgIpc) is 2.59. The number of nitrogens with zero attached hydrogens (tertiary/aromatic N) is 1. The second kappa shape index (κ2) is 3.87. The normalized spacial score (nSPS) is 24.5. The lowest BCUT2D eigenvalue weighted by molar-refractivity contribution is 0.00578. The Bertz CT molecular complexity index is 639. The van der Waals surface area contributed by atoms with E-state index in [1.807, 2.05) is 33.8 Å².